The zero-order valence-corrected chi connectivity index (χ0v) is 17.8. The molecule has 2 aromatic carbocycles. The summed E-state index contributed by atoms with van der Waals surface area (Å²) >= 11 is 0. The van der Waals surface area contributed by atoms with E-state index in [0.717, 1.165) is 12.8 Å². The molecule has 1 heterocycles. The van der Waals surface area contributed by atoms with E-state index in [1.54, 1.807) is 48.4 Å². The molecule has 2 atom stereocenters. The van der Waals surface area contributed by atoms with Crippen LogP contribution in [0.5, 0.6) is 11.5 Å². The Kier molecular flexibility index (Phi) is 7.83. The Labute approximate surface area is 181 Å². The first-order chi connectivity index (χ1) is 15.0. The maximum absolute atomic E-state index is 13.5. The highest BCUT2D eigenvalue weighted by Crippen LogP contribution is 2.30. The molecule has 2 N–H and O–H groups in total. The van der Waals surface area contributed by atoms with Crippen LogP contribution in [0.3, 0.4) is 0 Å². The monoisotopic (exact) mass is 429 g/mol. The third-order valence-electron chi connectivity index (χ3n) is 5.27. The molecule has 0 unspecified atom stereocenters. The van der Waals surface area contributed by atoms with Crippen LogP contribution in [-0.4, -0.2) is 49.7 Å². The van der Waals surface area contributed by atoms with Gasteiger partial charge < -0.3 is 25.0 Å². The molecule has 1 aliphatic rings. The molecule has 1 fully saturated rings. The fraction of sp³-hybridized carbons (Fsp3) is 0.391. The van der Waals surface area contributed by atoms with Crippen LogP contribution in [-0.2, 0) is 9.53 Å². The van der Waals surface area contributed by atoms with Gasteiger partial charge in [0.05, 0.1) is 18.2 Å². The number of hydrogen-bond acceptors (Lipinski definition) is 4. The van der Waals surface area contributed by atoms with Crippen molar-refractivity contribution in [3.63, 3.8) is 0 Å². The van der Waals surface area contributed by atoms with Crippen LogP contribution in [0.25, 0.3) is 0 Å². The summed E-state index contributed by atoms with van der Waals surface area (Å²) in [4.78, 5) is 27.1. The Hall–Kier alpha value is -3.13. The number of methoxy groups -OCH3 is 1. The van der Waals surface area contributed by atoms with Crippen molar-refractivity contribution in [1.82, 2.24) is 10.2 Å². The van der Waals surface area contributed by atoms with Crippen molar-refractivity contribution < 1.29 is 23.5 Å². The number of para-hydroxylation sites is 2. The van der Waals surface area contributed by atoms with Gasteiger partial charge >= 0.3 is 6.03 Å². The van der Waals surface area contributed by atoms with E-state index < -0.39 is 5.82 Å². The lowest BCUT2D eigenvalue weighted by Crippen LogP contribution is -2.51. The number of nitrogens with one attached hydrogen (secondary N) is 2. The molecule has 3 rings (SSSR count). The van der Waals surface area contributed by atoms with E-state index in [4.69, 9.17) is 9.47 Å². The Morgan fingerprint density at radius 3 is 2.74 bits per heavy atom. The first-order valence-electron chi connectivity index (χ1n) is 10.3. The summed E-state index contributed by atoms with van der Waals surface area (Å²) in [7, 11) is 1.58. The SMILES string of the molecule is COCCNC(=O)[C@H]1CC[C@@H](C)N(C(=O)Nc2ccccc2Oc2cccc(F)c2)C1. The number of hydrogen-bond donors (Lipinski definition) is 2. The summed E-state index contributed by atoms with van der Waals surface area (Å²) in [5.74, 6) is -0.00837. The molecular formula is C23H28FN3O4. The fourth-order valence-electron chi connectivity index (χ4n) is 3.53. The normalized spacial score (nSPS) is 18.4. The topological polar surface area (TPSA) is 79.9 Å². The van der Waals surface area contributed by atoms with Crippen LogP contribution < -0.4 is 15.4 Å². The van der Waals surface area contributed by atoms with E-state index in [1.165, 1.54) is 12.1 Å². The second-order valence-corrected chi connectivity index (χ2v) is 7.55. The van der Waals surface area contributed by atoms with E-state index >= 15 is 0 Å². The van der Waals surface area contributed by atoms with Crippen molar-refractivity contribution in [2.45, 2.75) is 25.8 Å². The maximum Gasteiger partial charge on any atom is 0.322 e. The van der Waals surface area contributed by atoms with Crippen molar-refractivity contribution in [2.24, 2.45) is 5.92 Å². The van der Waals surface area contributed by atoms with Gasteiger partial charge in [-0.05, 0) is 44.0 Å². The molecule has 7 nitrogen and oxygen atoms in total. The Morgan fingerprint density at radius 1 is 1.16 bits per heavy atom. The maximum atomic E-state index is 13.5. The van der Waals surface area contributed by atoms with Crippen LogP contribution in [0.1, 0.15) is 19.8 Å². The van der Waals surface area contributed by atoms with Crippen LogP contribution in [0.15, 0.2) is 48.5 Å². The average Bonchev–Trinajstić information content (AvgIpc) is 2.75. The van der Waals surface area contributed by atoms with Gasteiger partial charge in [-0.2, -0.15) is 0 Å². The van der Waals surface area contributed by atoms with Crippen LogP contribution in [0.2, 0.25) is 0 Å². The first-order valence-corrected chi connectivity index (χ1v) is 10.3. The number of benzene rings is 2. The summed E-state index contributed by atoms with van der Waals surface area (Å²) in [6, 6.07) is 12.5. The van der Waals surface area contributed by atoms with E-state index in [0.29, 0.717) is 36.9 Å². The lowest BCUT2D eigenvalue weighted by molar-refractivity contribution is -0.126. The van der Waals surface area contributed by atoms with E-state index in [9.17, 15) is 14.0 Å². The molecular weight excluding hydrogens is 401 g/mol. The Morgan fingerprint density at radius 2 is 1.97 bits per heavy atom. The van der Waals surface area contributed by atoms with Crippen molar-refractivity contribution in [1.29, 1.82) is 0 Å². The molecule has 2 aromatic rings. The molecule has 8 heteroatoms. The van der Waals surface area contributed by atoms with Crippen molar-refractivity contribution in [3.05, 3.63) is 54.3 Å². The molecule has 166 valence electrons. The first kappa shape index (κ1) is 22.6. The number of anilines is 1. The van der Waals surface area contributed by atoms with Crippen molar-refractivity contribution in [3.8, 4) is 11.5 Å². The van der Waals surface area contributed by atoms with Gasteiger partial charge in [0.2, 0.25) is 5.91 Å². The third-order valence-corrected chi connectivity index (χ3v) is 5.27. The van der Waals surface area contributed by atoms with Crippen molar-refractivity contribution in [2.75, 3.05) is 32.1 Å². The minimum Gasteiger partial charge on any atom is -0.455 e. The van der Waals surface area contributed by atoms with Gasteiger partial charge in [-0.3, -0.25) is 4.79 Å². The smallest absolute Gasteiger partial charge is 0.322 e. The molecule has 1 aliphatic heterocycles. The van der Waals surface area contributed by atoms with Crippen LogP contribution >= 0.6 is 0 Å². The molecule has 0 saturated carbocycles. The number of halogens is 1. The minimum absolute atomic E-state index is 0.000625. The summed E-state index contributed by atoms with van der Waals surface area (Å²) in [6.07, 6.45) is 1.46. The van der Waals surface area contributed by atoms with Gasteiger partial charge in [-0.25, -0.2) is 9.18 Å². The van der Waals surface area contributed by atoms with Crippen LogP contribution in [0, 0.1) is 11.7 Å². The molecule has 0 aliphatic carbocycles. The number of nitrogens with zero attached hydrogens (tertiary/aromatic N) is 1. The average molecular weight is 429 g/mol. The van der Waals surface area contributed by atoms with Crippen LogP contribution in [0.4, 0.5) is 14.9 Å². The number of ether oxygens (including phenoxy) is 2. The number of carbonyl (C=O) groups is 2. The molecule has 0 aromatic heterocycles. The lowest BCUT2D eigenvalue weighted by Gasteiger charge is -2.37. The quantitative estimate of drug-likeness (QED) is 0.652. The largest absolute Gasteiger partial charge is 0.455 e. The Bertz CT molecular complexity index is 908. The summed E-state index contributed by atoms with van der Waals surface area (Å²) in [5.41, 5.74) is 0.468. The van der Waals surface area contributed by atoms with E-state index in [1.807, 2.05) is 6.92 Å². The van der Waals surface area contributed by atoms with Gasteiger partial charge in [0.15, 0.2) is 5.75 Å². The second-order valence-electron chi connectivity index (χ2n) is 7.55. The third kappa shape index (κ3) is 6.18. The van der Waals surface area contributed by atoms with Gasteiger partial charge in [0, 0.05) is 32.3 Å². The van der Waals surface area contributed by atoms with E-state index in [-0.39, 0.29) is 23.9 Å². The summed E-state index contributed by atoms with van der Waals surface area (Å²) in [5, 5.41) is 5.72. The molecule has 0 radical (unpaired) electrons. The summed E-state index contributed by atoms with van der Waals surface area (Å²) < 4.78 is 24.2. The highest BCUT2D eigenvalue weighted by atomic mass is 19.1. The van der Waals surface area contributed by atoms with Gasteiger partial charge in [-0.15, -0.1) is 0 Å². The molecule has 3 amide bonds. The lowest BCUT2D eigenvalue weighted by atomic mass is 9.93. The zero-order chi connectivity index (χ0) is 22.2. The predicted octanol–water partition coefficient (Wildman–Crippen LogP) is 4.01. The van der Waals surface area contributed by atoms with Gasteiger partial charge in [-0.1, -0.05) is 18.2 Å². The number of urea groups is 1. The molecule has 0 spiro atoms. The number of likely N-dealkylation sites (tertiary alicyclic amines) is 1. The molecule has 31 heavy (non-hydrogen) atoms. The fourth-order valence-corrected chi connectivity index (χ4v) is 3.53. The zero-order valence-electron chi connectivity index (χ0n) is 17.8. The molecule has 0 bridgehead atoms. The minimum atomic E-state index is -0.407. The summed E-state index contributed by atoms with van der Waals surface area (Å²) in [6.45, 7) is 3.19. The number of piperidine rings is 1. The van der Waals surface area contributed by atoms with E-state index in [2.05, 4.69) is 10.6 Å². The standard InChI is InChI=1S/C23H28FN3O4/c1-16-10-11-17(22(28)25-12-13-30-2)15-27(16)23(29)26-20-8-3-4-9-21(20)31-19-7-5-6-18(24)14-19/h3-9,14,16-17H,10-13,15H2,1-2H3,(H,25,28)(H,26,29)/t16-,17+/m1/s1. The van der Waals surface area contributed by atoms with Gasteiger partial charge in [0.1, 0.15) is 11.6 Å². The highest BCUT2D eigenvalue weighted by molar-refractivity contribution is 5.92. The number of rotatable bonds is 7. The van der Waals surface area contributed by atoms with Gasteiger partial charge in [0.25, 0.3) is 0 Å². The second kappa shape index (κ2) is 10.8. The highest BCUT2D eigenvalue weighted by Gasteiger charge is 2.32. The Balaban J connectivity index is 1.67. The predicted molar refractivity (Wildman–Crippen MR) is 116 cm³/mol. The van der Waals surface area contributed by atoms with Crippen molar-refractivity contribution >= 4 is 17.6 Å². The molecule has 1 saturated heterocycles. The number of amides is 3. The number of carbonyl (C=O) groups excluding carboxylic acids is 2.